The summed E-state index contributed by atoms with van der Waals surface area (Å²) in [7, 11) is 0. The highest BCUT2D eigenvalue weighted by Gasteiger charge is 2.39. The molecule has 17 heavy (non-hydrogen) atoms. The molecule has 0 spiro atoms. The summed E-state index contributed by atoms with van der Waals surface area (Å²) in [6, 6.07) is 2.42. The van der Waals surface area contributed by atoms with E-state index in [4.69, 9.17) is 4.52 Å². The number of rotatable bonds is 1. The van der Waals surface area contributed by atoms with Gasteiger partial charge in [0.05, 0.1) is 0 Å². The monoisotopic (exact) mass is 235 g/mol. The molecule has 1 N–H and O–H groups in total. The fourth-order valence-electron chi connectivity index (χ4n) is 2.91. The molecule has 2 aliphatic rings. The first-order chi connectivity index (χ1) is 8.25. The van der Waals surface area contributed by atoms with E-state index in [1.54, 1.807) is 6.07 Å². The Bertz CT molecular complexity index is 415. The Hall–Kier alpha value is -1.36. The van der Waals surface area contributed by atoms with Crippen molar-refractivity contribution in [2.75, 3.05) is 13.1 Å². The van der Waals surface area contributed by atoms with E-state index in [1.807, 2.05) is 11.8 Å². The summed E-state index contributed by atoms with van der Waals surface area (Å²) in [5.41, 5.74) is 0.446. The summed E-state index contributed by atoms with van der Waals surface area (Å²) in [6.45, 7) is 3.71. The molecule has 5 nitrogen and oxygen atoms in total. The van der Waals surface area contributed by atoms with Crippen LogP contribution in [0.2, 0.25) is 0 Å². The van der Waals surface area contributed by atoms with Crippen molar-refractivity contribution < 1.29 is 9.32 Å². The van der Waals surface area contributed by atoms with Gasteiger partial charge in [-0.25, -0.2) is 0 Å². The molecule has 3 heterocycles. The SMILES string of the molecule is Cc1cc(C(=O)N2C3CCNCC2CC3)no1. The smallest absolute Gasteiger partial charge is 0.276 e. The molecule has 0 radical (unpaired) electrons. The maximum atomic E-state index is 12.4. The first-order valence-electron chi connectivity index (χ1n) is 6.22. The third-order valence-electron chi connectivity index (χ3n) is 3.74. The van der Waals surface area contributed by atoms with Gasteiger partial charge in [-0.2, -0.15) is 0 Å². The number of carbonyl (C=O) groups is 1. The third-order valence-corrected chi connectivity index (χ3v) is 3.74. The number of carbonyl (C=O) groups excluding carboxylic acids is 1. The van der Waals surface area contributed by atoms with Gasteiger partial charge in [0.2, 0.25) is 0 Å². The summed E-state index contributed by atoms with van der Waals surface area (Å²) in [6.07, 6.45) is 3.26. The summed E-state index contributed by atoms with van der Waals surface area (Å²) in [5, 5.41) is 7.21. The van der Waals surface area contributed by atoms with Crippen molar-refractivity contribution in [3.63, 3.8) is 0 Å². The lowest BCUT2D eigenvalue weighted by molar-refractivity contribution is 0.0669. The van der Waals surface area contributed by atoms with E-state index in [2.05, 4.69) is 10.5 Å². The average molecular weight is 235 g/mol. The number of hydrogen-bond acceptors (Lipinski definition) is 4. The Morgan fingerprint density at radius 1 is 1.47 bits per heavy atom. The van der Waals surface area contributed by atoms with Crippen LogP contribution in [0.1, 0.15) is 35.5 Å². The number of fused-ring (bicyclic) bond motifs is 2. The Balaban J connectivity index is 1.85. The summed E-state index contributed by atoms with van der Waals surface area (Å²) in [4.78, 5) is 14.4. The molecule has 2 saturated heterocycles. The molecule has 2 unspecified atom stereocenters. The minimum atomic E-state index is 0.0260. The predicted octanol–water partition coefficient (Wildman–Crippen LogP) is 0.950. The van der Waals surface area contributed by atoms with Crippen LogP contribution in [0.25, 0.3) is 0 Å². The van der Waals surface area contributed by atoms with Gasteiger partial charge < -0.3 is 14.7 Å². The van der Waals surface area contributed by atoms with Crippen molar-refractivity contribution in [1.82, 2.24) is 15.4 Å². The van der Waals surface area contributed by atoms with E-state index in [-0.39, 0.29) is 5.91 Å². The predicted molar refractivity (Wildman–Crippen MR) is 61.7 cm³/mol. The van der Waals surface area contributed by atoms with Crippen LogP contribution in [0, 0.1) is 6.92 Å². The Kier molecular flexibility index (Phi) is 2.63. The molecule has 2 aliphatic heterocycles. The maximum Gasteiger partial charge on any atom is 0.276 e. The number of aryl methyl sites for hydroxylation is 1. The van der Waals surface area contributed by atoms with Crippen LogP contribution < -0.4 is 5.32 Å². The van der Waals surface area contributed by atoms with Crippen molar-refractivity contribution in [2.24, 2.45) is 0 Å². The van der Waals surface area contributed by atoms with Crippen molar-refractivity contribution in [1.29, 1.82) is 0 Å². The molecule has 1 aromatic rings. The molecule has 0 saturated carbocycles. The van der Waals surface area contributed by atoms with E-state index >= 15 is 0 Å². The first kappa shape index (κ1) is 10.8. The van der Waals surface area contributed by atoms with Crippen molar-refractivity contribution in [2.45, 2.75) is 38.3 Å². The minimum Gasteiger partial charge on any atom is -0.361 e. The van der Waals surface area contributed by atoms with Crippen LogP contribution in [0.4, 0.5) is 0 Å². The number of nitrogens with one attached hydrogen (secondary N) is 1. The van der Waals surface area contributed by atoms with Crippen LogP contribution >= 0.6 is 0 Å². The van der Waals surface area contributed by atoms with Crippen LogP contribution in [-0.4, -0.2) is 41.1 Å². The zero-order valence-electron chi connectivity index (χ0n) is 9.98. The zero-order valence-corrected chi connectivity index (χ0v) is 9.98. The Labute approximate surface area is 100 Å². The van der Waals surface area contributed by atoms with Gasteiger partial charge in [0.1, 0.15) is 5.76 Å². The number of nitrogens with zero attached hydrogens (tertiary/aromatic N) is 2. The molecular weight excluding hydrogens is 218 g/mol. The molecule has 2 atom stereocenters. The average Bonchev–Trinajstić information content (AvgIpc) is 2.81. The summed E-state index contributed by atoms with van der Waals surface area (Å²) in [5.74, 6) is 0.715. The van der Waals surface area contributed by atoms with Crippen molar-refractivity contribution in [3.05, 3.63) is 17.5 Å². The van der Waals surface area contributed by atoms with E-state index in [1.165, 1.54) is 0 Å². The number of amides is 1. The standard InChI is InChI=1S/C12H17N3O2/c1-8-6-11(14-17-8)12(16)15-9-2-3-10(15)7-13-5-4-9/h6,9-10,13H,2-5,7H2,1H3. The lowest BCUT2D eigenvalue weighted by atomic mass is 10.1. The second-order valence-electron chi connectivity index (χ2n) is 4.91. The van der Waals surface area contributed by atoms with Crippen molar-refractivity contribution in [3.8, 4) is 0 Å². The molecule has 92 valence electrons. The summed E-state index contributed by atoms with van der Waals surface area (Å²) >= 11 is 0. The largest absolute Gasteiger partial charge is 0.361 e. The lowest BCUT2D eigenvalue weighted by Gasteiger charge is -2.26. The zero-order chi connectivity index (χ0) is 11.8. The Morgan fingerprint density at radius 2 is 2.29 bits per heavy atom. The van der Waals surface area contributed by atoms with Gasteiger partial charge in [-0.1, -0.05) is 5.16 Å². The Morgan fingerprint density at radius 3 is 3.06 bits per heavy atom. The quantitative estimate of drug-likeness (QED) is 0.787. The van der Waals surface area contributed by atoms with E-state index < -0.39 is 0 Å². The molecule has 3 rings (SSSR count). The van der Waals surface area contributed by atoms with Crippen LogP contribution in [0.5, 0.6) is 0 Å². The van der Waals surface area contributed by atoms with E-state index in [9.17, 15) is 4.79 Å². The highest BCUT2D eigenvalue weighted by atomic mass is 16.5. The van der Waals surface area contributed by atoms with Gasteiger partial charge in [-0.15, -0.1) is 0 Å². The van der Waals surface area contributed by atoms with Crippen LogP contribution in [0.15, 0.2) is 10.6 Å². The molecule has 2 fully saturated rings. The number of aromatic nitrogens is 1. The molecule has 2 bridgehead atoms. The van der Waals surface area contributed by atoms with E-state index in [0.29, 0.717) is 23.5 Å². The van der Waals surface area contributed by atoms with Crippen molar-refractivity contribution >= 4 is 5.91 Å². The first-order valence-corrected chi connectivity index (χ1v) is 6.22. The second kappa shape index (κ2) is 4.14. The second-order valence-corrected chi connectivity index (χ2v) is 4.91. The van der Waals surface area contributed by atoms with Gasteiger partial charge in [0.25, 0.3) is 5.91 Å². The van der Waals surface area contributed by atoms with Crippen LogP contribution in [-0.2, 0) is 0 Å². The third kappa shape index (κ3) is 1.84. The number of hydrogen-bond donors (Lipinski definition) is 1. The molecule has 5 heteroatoms. The lowest BCUT2D eigenvalue weighted by Crippen LogP contribution is -2.42. The molecule has 0 aromatic carbocycles. The molecular formula is C12H17N3O2. The van der Waals surface area contributed by atoms with Gasteiger partial charge in [-0.05, 0) is 32.7 Å². The summed E-state index contributed by atoms with van der Waals surface area (Å²) < 4.78 is 4.99. The molecule has 0 aliphatic carbocycles. The van der Waals surface area contributed by atoms with Gasteiger partial charge in [-0.3, -0.25) is 4.79 Å². The fraction of sp³-hybridized carbons (Fsp3) is 0.667. The molecule has 1 aromatic heterocycles. The molecule has 1 amide bonds. The van der Waals surface area contributed by atoms with Gasteiger partial charge >= 0.3 is 0 Å². The minimum absolute atomic E-state index is 0.0260. The highest BCUT2D eigenvalue weighted by molar-refractivity contribution is 5.93. The topological polar surface area (TPSA) is 58.4 Å². The van der Waals surface area contributed by atoms with Gasteiger partial charge in [0, 0.05) is 24.7 Å². The van der Waals surface area contributed by atoms with Crippen LogP contribution in [0.3, 0.4) is 0 Å². The normalized spacial score (nSPS) is 28.2. The van der Waals surface area contributed by atoms with E-state index in [0.717, 1.165) is 32.4 Å². The highest BCUT2D eigenvalue weighted by Crippen LogP contribution is 2.29. The fourth-order valence-corrected chi connectivity index (χ4v) is 2.91. The van der Waals surface area contributed by atoms with Gasteiger partial charge in [0.15, 0.2) is 5.69 Å². The maximum absolute atomic E-state index is 12.4.